The van der Waals surface area contributed by atoms with Crippen LogP contribution < -0.4 is 0 Å². The fourth-order valence-corrected chi connectivity index (χ4v) is 2.24. The van der Waals surface area contributed by atoms with Crippen LogP contribution in [0.3, 0.4) is 0 Å². The zero-order chi connectivity index (χ0) is 12.2. The molecule has 0 fully saturated rings. The molecule has 1 atom stereocenters. The highest BCUT2D eigenvalue weighted by Gasteiger charge is 2.05. The molecule has 0 aliphatic rings. The quantitative estimate of drug-likeness (QED) is 0.371. The summed E-state index contributed by atoms with van der Waals surface area (Å²) < 4.78 is 0. The molecule has 0 aromatic heterocycles. The van der Waals surface area contributed by atoms with E-state index in [0.29, 0.717) is 0 Å². The molecule has 16 heavy (non-hydrogen) atoms. The first-order valence-electron chi connectivity index (χ1n) is 7.41. The number of unbranched alkanes of at least 4 members (excludes halogenated alkanes) is 2. The fraction of sp³-hybridized carbons (Fsp3) is 0.875. The first-order valence-corrected chi connectivity index (χ1v) is 7.41. The van der Waals surface area contributed by atoms with Gasteiger partial charge in [0.2, 0.25) is 0 Å². The molecular weight excluding hydrogens is 192 g/mol. The van der Waals surface area contributed by atoms with Crippen molar-refractivity contribution in [2.45, 2.75) is 85.0 Å². The van der Waals surface area contributed by atoms with Gasteiger partial charge in [0, 0.05) is 0 Å². The summed E-state index contributed by atoms with van der Waals surface area (Å²) in [5, 5.41) is 0. The topological polar surface area (TPSA) is 0 Å². The zero-order valence-corrected chi connectivity index (χ0v) is 11.9. The molecule has 0 saturated carbocycles. The SMILES string of the molecule is C=C(CCCC)CCCC(CC)CCCC. The van der Waals surface area contributed by atoms with Crippen molar-refractivity contribution in [3.05, 3.63) is 12.2 Å². The Hall–Kier alpha value is -0.260. The van der Waals surface area contributed by atoms with Crippen LogP contribution >= 0.6 is 0 Å². The molecule has 96 valence electrons. The largest absolute Gasteiger partial charge is 0.0999 e. The van der Waals surface area contributed by atoms with E-state index >= 15 is 0 Å². The number of allylic oxidation sites excluding steroid dienone is 1. The molecule has 0 aliphatic carbocycles. The van der Waals surface area contributed by atoms with Crippen molar-refractivity contribution in [2.24, 2.45) is 5.92 Å². The number of hydrogen-bond donors (Lipinski definition) is 0. The third-order valence-corrected chi connectivity index (χ3v) is 3.57. The van der Waals surface area contributed by atoms with E-state index < -0.39 is 0 Å². The van der Waals surface area contributed by atoms with Gasteiger partial charge in [0.25, 0.3) is 0 Å². The number of hydrogen-bond acceptors (Lipinski definition) is 0. The summed E-state index contributed by atoms with van der Waals surface area (Å²) in [5.74, 6) is 0.971. The van der Waals surface area contributed by atoms with E-state index in [1.165, 1.54) is 69.8 Å². The van der Waals surface area contributed by atoms with Crippen molar-refractivity contribution in [1.82, 2.24) is 0 Å². The van der Waals surface area contributed by atoms with E-state index in [2.05, 4.69) is 27.4 Å². The fourth-order valence-electron chi connectivity index (χ4n) is 2.24. The van der Waals surface area contributed by atoms with Gasteiger partial charge in [-0.3, -0.25) is 0 Å². The van der Waals surface area contributed by atoms with Gasteiger partial charge in [0.1, 0.15) is 0 Å². The van der Waals surface area contributed by atoms with Crippen LogP contribution in [-0.4, -0.2) is 0 Å². The van der Waals surface area contributed by atoms with Crippen LogP contribution in [0.2, 0.25) is 0 Å². The summed E-state index contributed by atoms with van der Waals surface area (Å²) in [4.78, 5) is 0. The average molecular weight is 224 g/mol. The van der Waals surface area contributed by atoms with E-state index in [0.717, 1.165) is 5.92 Å². The van der Waals surface area contributed by atoms with Crippen LogP contribution in [0.25, 0.3) is 0 Å². The minimum atomic E-state index is 0.971. The first kappa shape index (κ1) is 15.7. The van der Waals surface area contributed by atoms with Crippen molar-refractivity contribution in [2.75, 3.05) is 0 Å². The molecule has 0 heterocycles. The monoisotopic (exact) mass is 224 g/mol. The Balaban J connectivity index is 3.49. The normalized spacial score (nSPS) is 12.7. The van der Waals surface area contributed by atoms with E-state index in [-0.39, 0.29) is 0 Å². The molecule has 0 rings (SSSR count). The molecule has 1 unspecified atom stereocenters. The average Bonchev–Trinajstić information content (AvgIpc) is 2.30. The second-order valence-electron chi connectivity index (χ2n) is 5.16. The highest BCUT2D eigenvalue weighted by atomic mass is 14.1. The van der Waals surface area contributed by atoms with Gasteiger partial charge >= 0.3 is 0 Å². The van der Waals surface area contributed by atoms with E-state index in [9.17, 15) is 0 Å². The zero-order valence-electron chi connectivity index (χ0n) is 11.9. The van der Waals surface area contributed by atoms with Gasteiger partial charge in [-0.25, -0.2) is 0 Å². The summed E-state index contributed by atoms with van der Waals surface area (Å²) in [6.45, 7) is 11.1. The molecule has 0 spiro atoms. The molecule has 0 saturated heterocycles. The molecule has 0 bridgehead atoms. The van der Waals surface area contributed by atoms with Gasteiger partial charge in [-0.05, 0) is 31.6 Å². The van der Waals surface area contributed by atoms with Crippen molar-refractivity contribution in [1.29, 1.82) is 0 Å². The smallest absolute Gasteiger partial charge is 0.0323 e. The Bertz CT molecular complexity index is 157. The van der Waals surface area contributed by atoms with Crippen molar-refractivity contribution in [3.8, 4) is 0 Å². The van der Waals surface area contributed by atoms with Crippen molar-refractivity contribution >= 4 is 0 Å². The molecule has 0 aliphatic heterocycles. The third-order valence-electron chi connectivity index (χ3n) is 3.57. The Morgan fingerprint density at radius 2 is 1.44 bits per heavy atom. The second-order valence-corrected chi connectivity index (χ2v) is 5.16. The Morgan fingerprint density at radius 1 is 0.875 bits per heavy atom. The predicted octanol–water partition coefficient (Wildman–Crippen LogP) is 6.12. The van der Waals surface area contributed by atoms with Crippen molar-refractivity contribution < 1.29 is 0 Å². The van der Waals surface area contributed by atoms with Crippen LogP contribution in [0.5, 0.6) is 0 Å². The van der Waals surface area contributed by atoms with Gasteiger partial charge in [-0.1, -0.05) is 71.4 Å². The molecular formula is C16H32. The first-order chi connectivity index (χ1) is 7.74. The lowest BCUT2D eigenvalue weighted by Gasteiger charge is -2.14. The summed E-state index contributed by atoms with van der Waals surface area (Å²) in [6, 6.07) is 0. The molecule has 0 aromatic rings. The molecule has 0 nitrogen and oxygen atoms in total. The maximum Gasteiger partial charge on any atom is -0.0323 e. The minimum absolute atomic E-state index is 0.971. The number of rotatable bonds is 11. The van der Waals surface area contributed by atoms with E-state index in [1.807, 2.05) is 0 Å². The summed E-state index contributed by atoms with van der Waals surface area (Å²) in [5.41, 5.74) is 1.48. The van der Waals surface area contributed by atoms with Crippen LogP contribution in [-0.2, 0) is 0 Å². The molecule has 0 heteroatoms. The van der Waals surface area contributed by atoms with Gasteiger partial charge in [0.15, 0.2) is 0 Å². The van der Waals surface area contributed by atoms with Crippen LogP contribution in [0, 0.1) is 5.92 Å². The Kier molecular flexibility index (Phi) is 11.0. The Labute approximate surface area is 104 Å². The molecule has 0 radical (unpaired) electrons. The second kappa shape index (κ2) is 11.2. The standard InChI is InChI=1S/C16H32/c1-5-8-11-15(4)12-10-14-16(7-3)13-9-6-2/h16H,4-14H2,1-3H3. The third kappa shape index (κ3) is 9.00. The minimum Gasteiger partial charge on any atom is -0.0999 e. The molecule has 0 aromatic carbocycles. The maximum atomic E-state index is 4.18. The predicted molar refractivity (Wildman–Crippen MR) is 75.8 cm³/mol. The van der Waals surface area contributed by atoms with E-state index in [4.69, 9.17) is 0 Å². The van der Waals surface area contributed by atoms with Gasteiger partial charge in [-0.15, -0.1) is 0 Å². The van der Waals surface area contributed by atoms with Crippen molar-refractivity contribution in [3.63, 3.8) is 0 Å². The highest BCUT2D eigenvalue weighted by molar-refractivity contribution is 4.93. The van der Waals surface area contributed by atoms with Crippen LogP contribution in [0.1, 0.15) is 85.0 Å². The van der Waals surface area contributed by atoms with Gasteiger partial charge < -0.3 is 0 Å². The lowest BCUT2D eigenvalue weighted by molar-refractivity contribution is 0.409. The van der Waals surface area contributed by atoms with Crippen LogP contribution in [0.4, 0.5) is 0 Å². The lowest BCUT2D eigenvalue weighted by Crippen LogP contribution is -1.99. The van der Waals surface area contributed by atoms with Gasteiger partial charge in [0.05, 0.1) is 0 Å². The lowest BCUT2D eigenvalue weighted by atomic mass is 9.92. The van der Waals surface area contributed by atoms with Crippen LogP contribution in [0.15, 0.2) is 12.2 Å². The van der Waals surface area contributed by atoms with E-state index in [1.54, 1.807) is 0 Å². The summed E-state index contributed by atoms with van der Waals surface area (Å²) in [6.07, 6.45) is 13.5. The summed E-state index contributed by atoms with van der Waals surface area (Å²) >= 11 is 0. The Morgan fingerprint density at radius 3 is 2.00 bits per heavy atom. The maximum absolute atomic E-state index is 4.18. The highest BCUT2D eigenvalue weighted by Crippen LogP contribution is 2.21. The summed E-state index contributed by atoms with van der Waals surface area (Å²) in [7, 11) is 0. The molecule has 0 amide bonds. The van der Waals surface area contributed by atoms with Gasteiger partial charge in [-0.2, -0.15) is 0 Å². The molecule has 0 N–H and O–H groups in total.